The molecule has 2 aromatic carbocycles. The van der Waals surface area contributed by atoms with E-state index in [-0.39, 0.29) is 28.3 Å². The number of hydrogen-bond donors (Lipinski definition) is 2. The van der Waals surface area contributed by atoms with E-state index in [1.807, 2.05) is 18.2 Å². The van der Waals surface area contributed by atoms with Crippen molar-refractivity contribution in [3.05, 3.63) is 65.7 Å². The highest BCUT2D eigenvalue weighted by molar-refractivity contribution is 7.89. The lowest BCUT2D eigenvalue weighted by atomic mass is 9.64. The van der Waals surface area contributed by atoms with Crippen molar-refractivity contribution in [1.82, 2.24) is 14.9 Å². The lowest BCUT2D eigenvalue weighted by Crippen LogP contribution is -2.47. The molecule has 0 aromatic heterocycles. The first-order valence-corrected chi connectivity index (χ1v) is 11.3. The van der Waals surface area contributed by atoms with Gasteiger partial charge in [-0.2, -0.15) is 0 Å². The van der Waals surface area contributed by atoms with Gasteiger partial charge in [-0.1, -0.05) is 42.8 Å². The van der Waals surface area contributed by atoms with Gasteiger partial charge in [-0.15, -0.1) is 0 Å². The molecule has 0 unspecified atom stereocenters. The zero-order valence-corrected chi connectivity index (χ0v) is 18.0. The van der Waals surface area contributed by atoms with Gasteiger partial charge >= 0.3 is 0 Å². The maximum Gasteiger partial charge on any atom is 0.251 e. The lowest BCUT2D eigenvalue weighted by molar-refractivity contribution is -0.120. The lowest BCUT2D eigenvalue weighted by Gasteiger charge is -2.42. The quantitative estimate of drug-likeness (QED) is 0.670. The molecule has 0 heterocycles. The molecule has 160 valence electrons. The van der Waals surface area contributed by atoms with E-state index in [2.05, 4.69) is 22.8 Å². The Morgan fingerprint density at radius 2 is 1.70 bits per heavy atom. The average molecular weight is 430 g/mol. The molecule has 30 heavy (non-hydrogen) atoms. The third-order valence-corrected chi connectivity index (χ3v) is 7.42. The van der Waals surface area contributed by atoms with Crippen LogP contribution in [-0.4, -0.2) is 51.7 Å². The average Bonchev–Trinajstić information content (AvgIpc) is 2.72. The van der Waals surface area contributed by atoms with E-state index in [9.17, 15) is 18.0 Å². The highest BCUT2D eigenvalue weighted by atomic mass is 32.2. The number of hydrogen-bond acceptors (Lipinski definition) is 4. The van der Waals surface area contributed by atoms with Gasteiger partial charge in [-0.3, -0.25) is 9.59 Å². The Kier molecular flexibility index (Phi) is 6.58. The summed E-state index contributed by atoms with van der Waals surface area (Å²) in [6, 6.07) is 15.9. The molecule has 1 fully saturated rings. The van der Waals surface area contributed by atoms with Gasteiger partial charge in [0.15, 0.2) is 0 Å². The van der Waals surface area contributed by atoms with Crippen molar-refractivity contribution >= 4 is 21.8 Å². The Hall–Kier alpha value is -2.71. The summed E-state index contributed by atoms with van der Waals surface area (Å²) in [6.07, 6.45) is 3.18. The Balaban J connectivity index is 1.56. The highest BCUT2D eigenvalue weighted by Crippen LogP contribution is 2.43. The molecule has 2 aromatic rings. The Morgan fingerprint density at radius 1 is 1.00 bits per heavy atom. The van der Waals surface area contributed by atoms with Crippen molar-refractivity contribution in [2.24, 2.45) is 0 Å². The minimum Gasteiger partial charge on any atom is -0.354 e. The molecule has 0 aliphatic heterocycles. The Morgan fingerprint density at radius 3 is 2.30 bits per heavy atom. The van der Waals surface area contributed by atoms with E-state index in [0.29, 0.717) is 6.54 Å². The normalized spacial score (nSPS) is 15.3. The molecule has 1 aliphatic carbocycles. The highest BCUT2D eigenvalue weighted by Gasteiger charge is 2.38. The van der Waals surface area contributed by atoms with Crippen molar-refractivity contribution in [3.8, 4) is 0 Å². The number of nitrogens with one attached hydrogen (secondary N) is 2. The molecule has 0 bridgehead atoms. The van der Waals surface area contributed by atoms with Crippen LogP contribution in [0.1, 0.15) is 35.2 Å². The maximum absolute atomic E-state index is 12.4. The zero-order chi connectivity index (χ0) is 21.8. The first-order chi connectivity index (χ1) is 14.2. The summed E-state index contributed by atoms with van der Waals surface area (Å²) in [5.74, 6) is -0.773. The first kappa shape index (κ1) is 22.0. The SMILES string of the molecule is CN(C)S(=O)(=O)c1cccc(C(=O)NCC(=O)NCC2(c3ccccc3)CCC2)c1. The van der Waals surface area contributed by atoms with Crippen molar-refractivity contribution in [1.29, 1.82) is 0 Å². The number of carbonyl (C=O) groups is 2. The maximum atomic E-state index is 12.4. The summed E-state index contributed by atoms with van der Waals surface area (Å²) in [6.45, 7) is 0.358. The third-order valence-electron chi connectivity index (χ3n) is 5.61. The summed E-state index contributed by atoms with van der Waals surface area (Å²) in [5, 5.41) is 5.48. The van der Waals surface area contributed by atoms with Crippen LogP contribution in [0.25, 0.3) is 0 Å². The molecule has 8 heteroatoms. The monoisotopic (exact) mass is 429 g/mol. The van der Waals surface area contributed by atoms with Crippen LogP contribution in [0.4, 0.5) is 0 Å². The number of nitrogens with zero attached hydrogens (tertiary/aromatic N) is 1. The molecular weight excluding hydrogens is 402 g/mol. The molecule has 2 amide bonds. The van der Waals surface area contributed by atoms with Gasteiger partial charge in [0.25, 0.3) is 5.91 Å². The summed E-state index contributed by atoms with van der Waals surface area (Å²) < 4.78 is 25.5. The number of rotatable bonds is 8. The topological polar surface area (TPSA) is 95.6 Å². The van der Waals surface area contributed by atoms with E-state index in [1.54, 1.807) is 0 Å². The van der Waals surface area contributed by atoms with Crippen molar-refractivity contribution in [3.63, 3.8) is 0 Å². The Labute approximate surface area is 177 Å². The molecule has 0 atom stereocenters. The predicted octanol–water partition coefficient (Wildman–Crippen LogP) is 1.90. The molecular formula is C22H27N3O4S. The second kappa shape index (κ2) is 8.97. The van der Waals surface area contributed by atoms with Crippen LogP contribution in [0, 0.1) is 0 Å². The van der Waals surface area contributed by atoms with Crippen LogP contribution in [0.15, 0.2) is 59.5 Å². The van der Waals surface area contributed by atoms with E-state index >= 15 is 0 Å². The number of carbonyl (C=O) groups excluding carboxylic acids is 2. The second-order valence-electron chi connectivity index (χ2n) is 7.77. The van der Waals surface area contributed by atoms with Gasteiger partial charge in [-0.05, 0) is 36.6 Å². The van der Waals surface area contributed by atoms with E-state index in [4.69, 9.17) is 0 Å². The fourth-order valence-electron chi connectivity index (χ4n) is 3.56. The summed E-state index contributed by atoms with van der Waals surface area (Å²) >= 11 is 0. The van der Waals surface area contributed by atoms with Crippen LogP contribution in [0.3, 0.4) is 0 Å². The molecule has 7 nitrogen and oxygen atoms in total. The second-order valence-corrected chi connectivity index (χ2v) is 9.93. The smallest absolute Gasteiger partial charge is 0.251 e. The van der Waals surface area contributed by atoms with Crippen molar-refractivity contribution in [2.75, 3.05) is 27.2 Å². The van der Waals surface area contributed by atoms with Gasteiger partial charge in [0.1, 0.15) is 0 Å². The van der Waals surface area contributed by atoms with E-state index < -0.39 is 15.9 Å². The molecule has 0 radical (unpaired) electrons. The largest absolute Gasteiger partial charge is 0.354 e. The molecule has 1 saturated carbocycles. The third kappa shape index (κ3) is 4.71. The van der Waals surface area contributed by atoms with Gasteiger partial charge in [-0.25, -0.2) is 12.7 Å². The van der Waals surface area contributed by atoms with Gasteiger partial charge in [0.2, 0.25) is 15.9 Å². The molecule has 0 spiro atoms. The molecule has 3 rings (SSSR count). The fourth-order valence-corrected chi connectivity index (χ4v) is 4.51. The summed E-state index contributed by atoms with van der Waals surface area (Å²) in [5.41, 5.74) is 1.38. The van der Waals surface area contributed by atoms with Crippen LogP contribution >= 0.6 is 0 Å². The standard InChI is InChI=1S/C22H27N3O4S/c1-25(2)30(28,29)19-11-6-8-17(14-19)21(27)23-15-20(26)24-16-22(12-7-13-22)18-9-4-3-5-10-18/h3-6,8-11,14H,7,12-13,15-16H2,1-2H3,(H,23,27)(H,24,26). The molecule has 2 N–H and O–H groups in total. The number of amides is 2. The predicted molar refractivity (Wildman–Crippen MR) is 115 cm³/mol. The van der Waals surface area contributed by atoms with Crippen LogP contribution in [0.2, 0.25) is 0 Å². The van der Waals surface area contributed by atoms with E-state index in [0.717, 1.165) is 23.6 Å². The van der Waals surface area contributed by atoms with E-state index in [1.165, 1.54) is 43.9 Å². The van der Waals surface area contributed by atoms with Gasteiger partial charge in [0.05, 0.1) is 11.4 Å². The van der Waals surface area contributed by atoms with Crippen molar-refractivity contribution < 1.29 is 18.0 Å². The van der Waals surface area contributed by atoms with Gasteiger partial charge < -0.3 is 10.6 Å². The van der Waals surface area contributed by atoms with Crippen LogP contribution < -0.4 is 10.6 Å². The van der Waals surface area contributed by atoms with Crippen molar-refractivity contribution in [2.45, 2.75) is 29.6 Å². The summed E-state index contributed by atoms with van der Waals surface area (Å²) in [4.78, 5) is 24.7. The minimum absolute atomic E-state index is 0.0272. The van der Waals surface area contributed by atoms with Crippen LogP contribution in [0.5, 0.6) is 0 Å². The zero-order valence-electron chi connectivity index (χ0n) is 17.2. The first-order valence-electron chi connectivity index (χ1n) is 9.88. The molecule has 1 aliphatic rings. The van der Waals surface area contributed by atoms with Gasteiger partial charge in [0, 0.05) is 31.6 Å². The summed E-state index contributed by atoms with van der Waals surface area (Å²) in [7, 11) is -0.783. The molecule has 0 saturated heterocycles. The Bertz CT molecular complexity index is 1020. The number of benzene rings is 2. The van der Waals surface area contributed by atoms with Crippen LogP contribution in [-0.2, 0) is 20.2 Å². The number of sulfonamides is 1. The fraction of sp³-hybridized carbons (Fsp3) is 0.364. The minimum atomic E-state index is -3.64.